The van der Waals surface area contributed by atoms with Crippen molar-refractivity contribution in [2.75, 3.05) is 39.9 Å². The van der Waals surface area contributed by atoms with Crippen molar-refractivity contribution in [3.63, 3.8) is 0 Å². The average molecular weight is 539 g/mol. The van der Waals surface area contributed by atoms with Gasteiger partial charge < -0.3 is 70.6 Å². The maximum Gasteiger partial charge on any atom is 2.00 e. The minimum atomic E-state index is -1.79. The molecule has 0 unspecified atom stereocenters. The largest absolute Gasteiger partial charge is 2.00 e. The van der Waals surface area contributed by atoms with E-state index in [-0.39, 0.29) is 64.2 Å². The topological polar surface area (TPSA) is 323 Å². The fourth-order valence-corrected chi connectivity index (χ4v) is 1.11. The first-order valence-corrected chi connectivity index (χ1v) is 8.48. The Morgan fingerprint density at radius 3 is 1.56 bits per heavy atom. The number of amides is 2. The number of halogens is 1. The number of carbonyl (C=O) groups is 5. The molecule has 17 nitrogen and oxygen atoms in total. The first-order valence-electron chi connectivity index (χ1n) is 8.48. The summed E-state index contributed by atoms with van der Waals surface area (Å²) in [4.78, 5) is 50.4. The van der Waals surface area contributed by atoms with Gasteiger partial charge in [-0.2, -0.15) is 0 Å². The predicted octanol–water partition coefficient (Wildman–Crippen LogP) is -7.21. The van der Waals surface area contributed by atoms with Crippen LogP contribution in [0.15, 0.2) is 0 Å². The fourth-order valence-electron chi connectivity index (χ4n) is 1.11. The molecule has 0 aromatic carbocycles. The number of carboxylic acid groups (broad SMARTS) is 2. The Hall–Kier alpha value is -1.71. The molecule has 0 heterocycles. The summed E-state index contributed by atoms with van der Waals surface area (Å²) in [6, 6.07) is 0. The maximum absolute atomic E-state index is 10.7. The van der Waals surface area contributed by atoms with Crippen molar-refractivity contribution in [2.45, 2.75) is 24.4 Å². The van der Waals surface area contributed by atoms with Gasteiger partial charge in [0.1, 0.15) is 31.0 Å². The Morgan fingerprint density at radius 2 is 1.26 bits per heavy atom. The monoisotopic (exact) mass is 538 g/mol. The van der Waals surface area contributed by atoms with E-state index in [0.29, 0.717) is 0 Å². The normalized spacial score (nSPS) is 12.1. The number of hydrogen-bond acceptors (Lipinski definition) is 13. The van der Waals surface area contributed by atoms with Crippen LogP contribution >= 0.6 is 12.4 Å². The smallest absolute Gasteiger partial charge is 1.00 e. The van der Waals surface area contributed by atoms with Gasteiger partial charge in [-0.3, -0.25) is 19.2 Å². The number of aliphatic hydroxyl groups excluding tert-OH is 6. The second-order valence-electron chi connectivity index (χ2n) is 5.11. The summed E-state index contributed by atoms with van der Waals surface area (Å²) in [5.41, 5.74) is 9.51. The van der Waals surface area contributed by atoms with E-state index in [2.05, 4.69) is 16.4 Å². The minimum Gasteiger partial charge on any atom is -1.00 e. The first-order chi connectivity index (χ1) is 14.9. The van der Waals surface area contributed by atoms with Crippen LogP contribution in [-0.4, -0.2) is 158 Å². The Kier molecular flexibility index (Phi) is 42.1. The van der Waals surface area contributed by atoms with Crippen LogP contribution < -0.4 is 22.1 Å². The fraction of sp³-hybridized carbons (Fsp3) is 0.667. The number of aliphatic hydroxyl groups is 6. The molecule has 2 amide bonds. The number of aliphatic carboxylic acids is 2. The standard InChI is InChI=1S/C6H11N3O4.C6H12O6.C2H5NO2.CH4O.ClH.Mg.2H/c7-1-4(10)8-2-5(11)9-3-6(12)13;7-1-3(9)5(11)6(12)4(10)2-8;3-1-2(4)5;1-2;;;;/h1-3,7H2,(H,8,10)(H,9,11)(H,12,13);1,3-6,8-12H,2H2;1,3H2,(H,4,5);2H,1H3;1H;;;/q;;;;;+2;2*-1/t;3-,4+,5+,6+;;;;;;/m.0....../s1. The third-order valence-electron chi connectivity index (χ3n) is 2.66. The Balaban J connectivity index is -0.0000000531. The molecular weight excluding hydrogens is 504 g/mol. The van der Waals surface area contributed by atoms with Gasteiger partial charge in [0.05, 0.1) is 26.2 Å². The second-order valence-corrected chi connectivity index (χ2v) is 5.11. The number of carboxylic acids is 2. The Morgan fingerprint density at radius 1 is 0.853 bits per heavy atom. The van der Waals surface area contributed by atoms with Crippen molar-refractivity contribution in [1.29, 1.82) is 0 Å². The molecule has 0 aliphatic rings. The van der Waals surface area contributed by atoms with Crippen LogP contribution in [0.2, 0.25) is 0 Å². The quantitative estimate of drug-likeness (QED) is 0.0857. The van der Waals surface area contributed by atoms with Crippen molar-refractivity contribution in [3.05, 3.63) is 0 Å². The van der Waals surface area contributed by atoms with Crippen molar-refractivity contribution < 1.29 is 67.7 Å². The molecular formula is C15H35ClMgN4O13. The van der Waals surface area contributed by atoms with Crippen molar-refractivity contribution in [3.8, 4) is 0 Å². The van der Waals surface area contributed by atoms with Gasteiger partial charge in [0.25, 0.3) is 0 Å². The number of nitrogens with one attached hydrogen (secondary N) is 2. The molecule has 14 N–H and O–H groups in total. The molecule has 19 heteroatoms. The molecule has 34 heavy (non-hydrogen) atoms. The second kappa shape index (κ2) is 31.3. The van der Waals surface area contributed by atoms with Gasteiger partial charge in [-0.25, -0.2) is 0 Å². The molecule has 0 aliphatic carbocycles. The van der Waals surface area contributed by atoms with Crippen LogP contribution in [0, 0.1) is 0 Å². The molecule has 0 spiro atoms. The molecule has 0 aromatic heterocycles. The van der Waals surface area contributed by atoms with E-state index >= 15 is 0 Å². The molecule has 202 valence electrons. The van der Waals surface area contributed by atoms with Crippen LogP contribution in [0.5, 0.6) is 0 Å². The van der Waals surface area contributed by atoms with Gasteiger partial charge in [-0.15, -0.1) is 12.4 Å². The number of carbonyl (C=O) groups excluding carboxylic acids is 3. The number of rotatable bonds is 11. The third-order valence-corrected chi connectivity index (χ3v) is 2.66. The maximum atomic E-state index is 10.7. The summed E-state index contributed by atoms with van der Waals surface area (Å²) >= 11 is 0. The molecule has 0 radical (unpaired) electrons. The molecule has 4 atom stereocenters. The molecule has 0 bridgehead atoms. The molecule has 0 aromatic rings. The van der Waals surface area contributed by atoms with Crippen LogP contribution in [0.25, 0.3) is 0 Å². The van der Waals surface area contributed by atoms with Crippen LogP contribution in [0.3, 0.4) is 0 Å². The van der Waals surface area contributed by atoms with Crippen LogP contribution in [-0.2, 0) is 24.0 Å². The molecule has 0 aliphatic heterocycles. The van der Waals surface area contributed by atoms with Crippen molar-refractivity contribution in [1.82, 2.24) is 10.6 Å². The van der Waals surface area contributed by atoms with E-state index in [1.807, 2.05) is 0 Å². The molecule has 0 saturated carbocycles. The van der Waals surface area contributed by atoms with Gasteiger partial charge in [-0.05, 0) is 0 Å². The van der Waals surface area contributed by atoms with Gasteiger partial charge in [0, 0.05) is 7.11 Å². The van der Waals surface area contributed by atoms with E-state index < -0.39 is 61.3 Å². The van der Waals surface area contributed by atoms with E-state index in [4.69, 9.17) is 46.6 Å². The summed E-state index contributed by atoms with van der Waals surface area (Å²) in [5, 5.41) is 70.6. The van der Waals surface area contributed by atoms with Gasteiger partial charge >= 0.3 is 35.0 Å². The zero-order chi connectivity index (χ0) is 26.3. The summed E-state index contributed by atoms with van der Waals surface area (Å²) in [7, 11) is 1.00. The SMILES string of the molecule is CO.Cl.NCC(=O)NCC(=O)NCC(=O)O.NCC(=O)O.O=C[C@H](O)[C@@H](O)[C@H](O)[C@H](O)CO.[H-].[H-].[Mg+2]. The van der Waals surface area contributed by atoms with Gasteiger partial charge in [0.15, 0.2) is 6.29 Å². The number of aldehydes is 1. The predicted molar refractivity (Wildman–Crippen MR) is 120 cm³/mol. The summed E-state index contributed by atoms with van der Waals surface area (Å²) in [5.74, 6) is -3.14. The van der Waals surface area contributed by atoms with E-state index in [0.717, 1.165) is 7.11 Å². The summed E-state index contributed by atoms with van der Waals surface area (Å²) in [6.07, 6.45) is -6.84. The first kappa shape index (κ1) is 45.7. The Bertz CT molecular complexity index is 560. The minimum absolute atomic E-state index is 0. The van der Waals surface area contributed by atoms with E-state index in [9.17, 15) is 24.0 Å². The average Bonchev–Trinajstić information content (AvgIpc) is 2.80. The van der Waals surface area contributed by atoms with Crippen molar-refractivity contribution >= 4 is 65.5 Å². The molecule has 0 saturated heterocycles. The summed E-state index contributed by atoms with van der Waals surface area (Å²) in [6.45, 7) is -1.96. The number of hydrogen-bond donors (Lipinski definition) is 12. The van der Waals surface area contributed by atoms with Gasteiger partial charge in [0.2, 0.25) is 11.8 Å². The van der Waals surface area contributed by atoms with E-state index in [1.165, 1.54) is 0 Å². The zero-order valence-electron chi connectivity index (χ0n) is 20.3. The summed E-state index contributed by atoms with van der Waals surface area (Å²) < 4.78 is 0. The van der Waals surface area contributed by atoms with E-state index in [1.54, 1.807) is 0 Å². The molecule has 0 rings (SSSR count). The Labute approximate surface area is 219 Å². The zero-order valence-corrected chi connectivity index (χ0v) is 20.5. The van der Waals surface area contributed by atoms with Crippen LogP contribution in [0.4, 0.5) is 0 Å². The van der Waals surface area contributed by atoms with Crippen molar-refractivity contribution in [2.24, 2.45) is 11.5 Å². The number of nitrogens with two attached hydrogens (primary N) is 2. The third kappa shape index (κ3) is 32.5. The van der Waals surface area contributed by atoms with Gasteiger partial charge in [-0.1, -0.05) is 0 Å². The van der Waals surface area contributed by atoms with Crippen LogP contribution in [0.1, 0.15) is 2.85 Å². The molecule has 0 fully saturated rings.